The van der Waals surface area contributed by atoms with Gasteiger partial charge >= 0.3 is 0 Å². The molecule has 0 amide bonds. The van der Waals surface area contributed by atoms with E-state index in [9.17, 15) is 12.8 Å². The van der Waals surface area contributed by atoms with Crippen LogP contribution in [-0.2, 0) is 27.1 Å². The Kier molecular flexibility index (Phi) is 5.67. The van der Waals surface area contributed by atoms with Gasteiger partial charge in [0.05, 0.1) is 19.0 Å². The van der Waals surface area contributed by atoms with Gasteiger partial charge in [-0.05, 0) is 35.4 Å². The van der Waals surface area contributed by atoms with Crippen LogP contribution in [0.5, 0.6) is 0 Å². The Hall–Kier alpha value is -1.96. The second-order valence-electron chi connectivity index (χ2n) is 5.94. The van der Waals surface area contributed by atoms with Crippen LogP contribution < -0.4 is 5.32 Å². The molecule has 1 fully saturated rings. The Morgan fingerprint density at radius 1 is 0.960 bits per heavy atom. The van der Waals surface area contributed by atoms with Crippen LogP contribution in [0.3, 0.4) is 0 Å². The van der Waals surface area contributed by atoms with Gasteiger partial charge in [0.15, 0.2) is 0 Å². The number of anilines is 1. The monoisotopic (exact) mass is 364 g/mol. The lowest BCUT2D eigenvalue weighted by molar-refractivity contribution is 0.0729. The molecule has 0 aromatic heterocycles. The van der Waals surface area contributed by atoms with E-state index in [0.29, 0.717) is 32.8 Å². The first-order chi connectivity index (χ1) is 12.0. The second kappa shape index (κ2) is 7.95. The predicted octanol–water partition coefficient (Wildman–Crippen LogP) is 2.60. The molecule has 134 valence electrons. The second-order valence-corrected chi connectivity index (χ2v) is 7.91. The van der Waals surface area contributed by atoms with Gasteiger partial charge in [-0.2, -0.15) is 4.31 Å². The smallest absolute Gasteiger partial charge is 0.218 e. The number of nitrogens with zero attached hydrogens (tertiary/aromatic N) is 1. The number of ether oxygens (including phenoxy) is 1. The summed E-state index contributed by atoms with van der Waals surface area (Å²) in [7, 11) is -3.31. The quantitative estimate of drug-likeness (QED) is 0.856. The van der Waals surface area contributed by atoms with E-state index in [1.54, 1.807) is 12.1 Å². The van der Waals surface area contributed by atoms with Crippen LogP contribution in [0.1, 0.15) is 11.1 Å². The van der Waals surface area contributed by atoms with E-state index in [1.165, 1.54) is 16.4 Å². The van der Waals surface area contributed by atoms with Gasteiger partial charge in [-0.1, -0.05) is 24.3 Å². The van der Waals surface area contributed by atoms with Crippen molar-refractivity contribution in [1.29, 1.82) is 0 Å². The molecule has 0 unspecified atom stereocenters. The molecule has 0 spiro atoms. The molecule has 0 radical (unpaired) electrons. The number of rotatable bonds is 6. The van der Waals surface area contributed by atoms with Gasteiger partial charge in [0.2, 0.25) is 10.0 Å². The highest BCUT2D eigenvalue weighted by Gasteiger charge is 2.24. The topological polar surface area (TPSA) is 58.6 Å². The Labute approximate surface area is 147 Å². The Morgan fingerprint density at radius 2 is 1.56 bits per heavy atom. The van der Waals surface area contributed by atoms with Gasteiger partial charge in [0.25, 0.3) is 0 Å². The summed E-state index contributed by atoms with van der Waals surface area (Å²) >= 11 is 0. The molecule has 2 aromatic carbocycles. The molecule has 1 N–H and O–H groups in total. The highest BCUT2D eigenvalue weighted by molar-refractivity contribution is 7.88. The summed E-state index contributed by atoms with van der Waals surface area (Å²) in [5, 5.41) is 3.23. The van der Waals surface area contributed by atoms with Crippen LogP contribution in [0.4, 0.5) is 10.1 Å². The maximum Gasteiger partial charge on any atom is 0.218 e. The Bertz CT molecular complexity index is 786. The Morgan fingerprint density at radius 3 is 2.20 bits per heavy atom. The number of benzene rings is 2. The molecule has 1 aliphatic rings. The first-order valence-electron chi connectivity index (χ1n) is 8.16. The molecule has 0 aliphatic carbocycles. The van der Waals surface area contributed by atoms with Crippen LogP contribution in [0, 0.1) is 5.82 Å². The standard InChI is InChI=1S/C18H21FN2O3S/c19-17-5-1-15(2-6-17)13-20-18-7-3-16(4-8-18)14-25(22,23)21-9-11-24-12-10-21/h1-8,20H,9-14H2. The summed E-state index contributed by atoms with van der Waals surface area (Å²) in [6.45, 7) is 2.31. The average Bonchev–Trinajstić information content (AvgIpc) is 2.63. The molecule has 1 heterocycles. The Balaban J connectivity index is 1.57. The predicted molar refractivity (Wildman–Crippen MR) is 95.2 cm³/mol. The highest BCUT2D eigenvalue weighted by Crippen LogP contribution is 2.16. The van der Waals surface area contributed by atoms with Crippen LogP contribution in [-0.4, -0.2) is 39.0 Å². The molecular formula is C18H21FN2O3S. The van der Waals surface area contributed by atoms with Crippen molar-refractivity contribution in [3.63, 3.8) is 0 Å². The number of morpholine rings is 1. The van der Waals surface area contributed by atoms with Crippen LogP contribution in [0.2, 0.25) is 0 Å². The fourth-order valence-electron chi connectivity index (χ4n) is 2.65. The summed E-state index contributed by atoms with van der Waals surface area (Å²) in [6, 6.07) is 13.6. The van der Waals surface area contributed by atoms with Crippen molar-refractivity contribution in [2.75, 3.05) is 31.6 Å². The molecular weight excluding hydrogens is 343 g/mol. The van der Waals surface area contributed by atoms with E-state index in [1.807, 2.05) is 24.3 Å². The zero-order valence-corrected chi connectivity index (χ0v) is 14.6. The maximum absolute atomic E-state index is 12.9. The largest absolute Gasteiger partial charge is 0.381 e. The van der Waals surface area contributed by atoms with Crippen LogP contribution in [0.25, 0.3) is 0 Å². The van der Waals surface area contributed by atoms with Crippen molar-refractivity contribution in [2.24, 2.45) is 0 Å². The van der Waals surface area contributed by atoms with E-state index in [4.69, 9.17) is 4.74 Å². The van der Waals surface area contributed by atoms with Crippen molar-refractivity contribution in [1.82, 2.24) is 4.31 Å². The van der Waals surface area contributed by atoms with Crippen molar-refractivity contribution in [3.8, 4) is 0 Å². The minimum absolute atomic E-state index is 0.00869. The normalized spacial score (nSPS) is 15.9. The van der Waals surface area contributed by atoms with Gasteiger partial charge in [0.1, 0.15) is 5.82 Å². The molecule has 3 rings (SSSR count). The SMILES string of the molecule is O=S(=O)(Cc1ccc(NCc2ccc(F)cc2)cc1)N1CCOCC1. The first-order valence-corrected chi connectivity index (χ1v) is 9.77. The van der Waals surface area contributed by atoms with Crippen molar-refractivity contribution in [3.05, 3.63) is 65.5 Å². The van der Waals surface area contributed by atoms with E-state index in [2.05, 4.69) is 5.32 Å². The fourth-order valence-corrected chi connectivity index (χ4v) is 4.15. The third-order valence-electron chi connectivity index (χ3n) is 4.08. The molecule has 7 heteroatoms. The summed E-state index contributed by atoms with van der Waals surface area (Å²) in [5.74, 6) is -0.264. The van der Waals surface area contributed by atoms with E-state index in [0.717, 1.165) is 16.8 Å². The van der Waals surface area contributed by atoms with Crippen molar-refractivity contribution >= 4 is 15.7 Å². The average molecular weight is 364 g/mol. The lowest BCUT2D eigenvalue weighted by atomic mass is 10.2. The van der Waals surface area contributed by atoms with Crippen molar-refractivity contribution in [2.45, 2.75) is 12.3 Å². The molecule has 0 bridgehead atoms. The summed E-state index contributed by atoms with van der Waals surface area (Å²) in [4.78, 5) is 0. The van der Waals surface area contributed by atoms with E-state index < -0.39 is 10.0 Å². The molecule has 5 nitrogen and oxygen atoms in total. The minimum atomic E-state index is -3.31. The fraction of sp³-hybridized carbons (Fsp3) is 0.333. The number of sulfonamides is 1. The van der Waals surface area contributed by atoms with Crippen LogP contribution >= 0.6 is 0 Å². The zero-order chi connectivity index (χ0) is 17.7. The van der Waals surface area contributed by atoms with Gasteiger partial charge in [-0.25, -0.2) is 12.8 Å². The van der Waals surface area contributed by atoms with Gasteiger partial charge in [-0.15, -0.1) is 0 Å². The van der Waals surface area contributed by atoms with E-state index in [-0.39, 0.29) is 11.6 Å². The molecule has 2 aromatic rings. The number of hydrogen-bond donors (Lipinski definition) is 1. The molecule has 1 saturated heterocycles. The molecule has 0 atom stereocenters. The maximum atomic E-state index is 12.9. The van der Waals surface area contributed by atoms with Gasteiger partial charge < -0.3 is 10.1 Å². The molecule has 25 heavy (non-hydrogen) atoms. The summed E-state index contributed by atoms with van der Waals surface area (Å²) < 4.78 is 44.4. The number of hydrogen-bond acceptors (Lipinski definition) is 4. The molecule has 0 saturated carbocycles. The van der Waals surface area contributed by atoms with Crippen molar-refractivity contribution < 1.29 is 17.5 Å². The summed E-state index contributed by atoms with van der Waals surface area (Å²) in [6.07, 6.45) is 0. The number of nitrogens with one attached hydrogen (secondary N) is 1. The zero-order valence-electron chi connectivity index (χ0n) is 13.8. The third kappa shape index (κ3) is 5.01. The number of halogens is 1. The van der Waals surface area contributed by atoms with Gasteiger partial charge in [0, 0.05) is 25.3 Å². The lowest BCUT2D eigenvalue weighted by Crippen LogP contribution is -2.41. The molecule has 1 aliphatic heterocycles. The lowest BCUT2D eigenvalue weighted by Gasteiger charge is -2.26. The third-order valence-corrected chi connectivity index (χ3v) is 5.93. The minimum Gasteiger partial charge on any atom is -0.381 e. The first kappa shape index (κ1) is 17.8. The van der Waals surface area contributed by atoms with Gasteiger partial charge in [-0.3, -0.25) is 0 Å². The van der Waals surface area contributed by atoms with Crippen LogP contribution in [0.15, 0.2) is 48.5 Å². The summed E-state index contributed by atoms with van der Waals surface area (Å²) in [5.41, 5.74) is 2.61. The highest BCUT2D eigenvalue weighted by atomic mass is 32.2. The van der Waals surface area contributed by atoms with E-state index >= 15 is 0 Å².